The third-order valence-corrected chi connectivity index (χ3v) is 4.20. The summed E-state index contributed by atoms with van der Waals surface area (Å²) in [5.74, 6) is 1.50. The summed E-state index contributed by atoms with van der Waals surface area (Å²) in [6.07, 6.45) is 7.68. The second-order valence-electron chi connectivity index (χ2n) is 5.74. The van der Waals surface area contributed by atoms with E-state index in [0.717, 1.165) is 30.3 Å². The van der Waals surface area contributed by atoms with Gasteiger partial charge >= 0.3 is 0 Å². The average molecular weight is 314 g/mol. The van der Waals surface area contributed by atoms with Gasteiger partial charge in [-0.05, 0) is 24.6 Å². The van der Waals surface area contributed by atoms with Crippen LogP contribution in [0.4, 0.5) is 10.3 Å². The first kappa shape index (κ1) is 14.3. The predicted molar refractivity (Wildman–Crippen MR) is 88.1 cm³/mol. The number of anilines is 1. The smallest absolute Gasteiger partial charge is 0.209 e. The fourth-order valence-corrected chi connectivity index (χ4v) is 2.84. The van der Waals surface area contributed by atoms with E-state index in [1.807, 2.05) is 35.0 Å². The number of nitrogens with zero attached hydrogens (tertiary/aromatic N) is 3. The van der Waals surface area contributed by atoms with E-state index in [9.17, 15) is 4.39 Å². The fourth-order valence-electron chi connectivity index (χ4n) is 2.84. The number of imidazole rings is 1. The molecule has 1 fully saturated rings. The lowest BCUT2D eigenvalue weighted by atomic mass is 10.1. The molecule has 0 aliphatic carbocycles. The van der Waals surface area contributed by atoms with Crippen LogP contribution in [0.1, 0.15) is 6.42 Å². The van der Waals surface area contributed by atoms with Crippen LogP contribution >= 0.6 is 0 Å². The number of hydrogen-bond donors (Lipinski definition) is 1. The quantitative estimate of drug-likeness (QED) is 0.921. The molecule has 5 nitrogen and oxygen atoms in total. The Morgan fingerprint density at radius 2 is 2.26 bits per heavy atom. The largest absolute Gasteiger partial charge is 0.491 e. The van der Waals surface area contributed by atoms with Crippen molar-refractivity contribution in [1.82, 2.24) is 14.5 Å². The normalized spacial score (nSPS) is 19.8. The maximum atomic E-state index is 12.2. The number of hydrogen-bond acceptors (Lipinski definition) is 4. The molecule has 0 spiro atoms. The molecule has 120 valence electrons. The van der Waals surface area contributed by atoms with E-state index in [-0.39, 0.29) is 12.8 Å². The summed E-state index contributed by atoms with van der Waals surface area (Å²) in [4.78, 5) is 7.05. The number of aromatic nitrogens is 2. The Bertz CT molecular complexity index is 723. The van der Waals surface area contributed by atoms with Crippen LogP contribution in [0.3, 0.4) is 0 Å². The lowest BCUT2D eigenvalue weighted by Gasteiger charge is -2.38. The first-order valence-corrected chi connectivity index (χ1v) is 7.90. The second-order valence-corrected chi connectivity index (χ2v) is 5.74. The summed E-state index contributed by atoms with van der Waals surface area (Å²) in [5, 5.41) is 3.45. The van der Waals surface area contributed by atoms with E-state index in [1.54, 1.807) is 0 Å². The van der Waals surface area contributed by atoms with E-state index >= 15 is 0 Å². The van der Waals surface area contributed by atoms with Crippen LogP contribution in [-0.4, -0.2) is 47.0 Å². The number of rotatable bonds is 5. The van der Waals surface area contributed by atoms with Gasteiger partial charge in [-0.15, -0.1) is 0 Å². The number of nitrogens with one attached hydrogen (secondary N) is 1. The lowest BCUT2D eigenvalue weighted by molar-refractivity contribution is 0.157. The molecule has 1 saturated heterocycles. The van der Waals surface area contributed by atoms with Gasteiger partial charge < -0.3 is 10.1 Å². The molecule has 3 heterocycles. The number of likely N-dealkylation sites (tertiary alicyclic amines) is 1. The van der Waals surface area contributed by atoms with E-state index in [4.69, 9.17) is 4.74 Å². The molecule has 0 bridgehead atoms. The minimum atomic E-state index is -0.490. The van der Waals surface area contributed by atoms with Crippen LogP contribution in [0.2, 0.25) is 0 Å². The number of alkyl halides is 1. The standard InChI is InChI=1S/C17H19FN4O/c18-6-10-23-14-4-1-3-13(11-14)15-12-22-9-5-16(20-17(22)19-15)21-7-2-8-21/h1,3-5,9,11-12,16H,2,6-8,10H2,(H,19,20). The van der Waals surface area contributed by atoms with E-state index in [1.165, 1.54) is 6.42 Å². The van der Waals surface area contributed by atoms with Gasteiger partial charge in [0.1, 0.15) is 25.2 Å². The second kappa shape index (κ2) is 6.04. The Balaban J connectivity index is 1.55. The number of fused-ring (bicyclic) bond motifs is 1. The maximum absolute atomic E-state index is 12.2. The third-order valence-electron chi connectivity index (χ3n) is 4.20. The van der Waals surface area contributed by atoms with Crippen molar-refractivity contribution in [1.29, 1.82) is 0 Å². The summed E-state index contributed by atoms with van der Waals surface area (Å²) in [6, 6.07) is 7.59. The predicted octanol–water partition coefficient (Wildman–Crippen LogP) is 2.83. The highest BCUT2D eigenvalue weighted by Gasteiger charge is 2.25. The third kappa shape index (κ3) is 2.82. The zero-order valence-corrected chi connectivity index (χ0v) is 12.8. The highest BCUT2D eigenvalue weighted by molar-refractivity contribution is 5.65. The van der Waals surface area contributed by atoms with Crippen molar-refractivity contribution in [3.8, 4) is 17.0 Å². The van der Waals surface area contributed by atoms with Crippen molar-refractivity contribution in [2.24, 2.45) is 0 Å². The van der Waals surface area contributed by atoms with Gasteiger partial charge in [0, 0.05) is 31.0 Å². The van der Waals surface area contributed by atoms with Crippen LogP contribution in [0.25, 0.3) is 17.5 Å². The molecule has 6 heteroatoms. The Hall–Kier alpha value is -2.34. The molecule has 2 aromatic rings. The maximum Gasteiger partial charge on any atom is 0.209 e. The molecule has 2 aliphatic heterocycles. The summed E-state index contributed by atoms with van der Waals surface area (Å²) >= 11 is 0. The number of halogens is 1. The molecule has 4 rings (SSSR count). The minimum Gasteiger partial charge on any atom is -0.491 e. The van der Waals surface area contributed by atoms with E-state index < -0.39 is 6.67 Å². The van der Waals surface area contributed by atoms with E-state index in [0.29, 0.717) is 5.75 Å². The van der Waals surface area contributed by atoms with Crippen LogP contribution in [0.15, 0.2) is 36.5 Å². The first-order chi connectivity index (χ1) is 11.3. The molecule has 1 N–H and O–H groups in total. The molecule has 2 aliphatic rings. The van der Waals surface area contributed by atoms with E-state index in [2.05, 4.69) is 27.5 Å². The zero-order valence-electron chi connectivity index (χ0n) is 12.8. The summed E-state index contributed by atoms with van der Waals surface area (Å²) < 4.78 is 19.6. The number of benzene rings is 1. The molecule has 23 heavy (non-hydrogen) atoms. The van der Waals surface area contributed by atoms with Crippen LogP contribution < -0.4 is 10.1 Å². The zero-order chi connectivity index (χ0) is 15.6. The molecular formula is C17H19FN4O. The van der Waals surface area contributed by atoms with Crippen LogP contribution in [0, 0.1) is 0 Å². The van der Waals surface area contributed by atoms with Gasteiger partial charge in [0.2, 0.25) is 5.95 Å². The van der Waals surface area contributed by atoms with Crippen LogP contribution in [-0.2, 0) is 0 Å². The van der Waals surface area contributed by atoms with Gasteiger partial charge in [-0.1, -0.05) is 12.1 Å². The molecule has 1 aromatic carbocycles. The summed E-state index contributed by atoms with van der Waals surface area (Å²) in [5.41, 5.74) is 1.83. The van der Waals surface area contributed by atoms with Gasteiger partial charge in [-0.25, -0.2) is 9.37 Å². The molecular weight excluding hydrogens is 295 g/mol. The van der Waals surface area contributed by atoms with Crippen LogP contribution in [0.5, 0.6) is 5.75 Å². The Morgan fingerprint density at radius 1 is 1.35 bits per heavy atom. The molecule has 1 atom stereocenters. The molecule has 1 aromatic heterocycles. The SMILES string of the molecule is FCCOc1cccc(-c2cn3c(n2)NC(N2CCC2)C=C3)c1. The Morgan fingerprint density at radius 3 is 3.04 bits per heavy atom. The van der Waals surface area contributed by atoms with Gasteiger partial charge in [0.05, 0.1) is 5.69 Å². The lowest BCUT2D eigenvalue weighted by Crippen LogP contribution is -2.49. The summed E-state index contributed by atoms with van der Waals surface area (Å²) in [6.45, 7) is 1.84. The summed E-state index contributed by atoms with van der Waals surface area (Å²) in [7, 11) is 0. The average Bonchev–Trinajstić information content (AvgIpc) is 2.95. The molecule has 1 unspecified atom stereocenters. The molecule has 0 amide bonds. The molecule has 0 radical (unpaired) electrons. The Labute approximate surface area is 134 Å². The Kier molecular flexibility index (Phi) is 3.75. The molecule has 0 saturated carbocycles. The minimum absolute atomic E-state index is 0.0744. The van der Waals surface area contributed by atoms with Crippen molar-refractivity contribution in [3.05, 3.63) is 36.5 Å². The highest BCUT2D eigenvalue weighted by atomic mass is 19.1. The van der Waals surface area contributed by atoms with Crippen molar-refractivity contribution in [2.75, 3.05) is 31.7 Å². The van der Waals surface area contributed by atoms with Gasteiger partial charge in [-0.2, -0.15) is 0 Å². The van der Waals surface area contributed by atoms with Crippen molar-refractivity contribution < 1.29 is 9.13 Å². The van der Waals surface area contributed by atoms with Crippen molar-refractivity contribution >= 4 is 12.1 Å². The fraction of sp³-hybridized carbons (Fsp3) is 0.353. The number of ether oxygens (including phenoxy) is 1. The van der Waals surface area contributed by atoms with Gasteiger partial charge in [-0.3, -0.25) is 9.47 Å². The topological polar surface area (TPSA) is 42.3 Å². The first-order valence-electron chi connectivity index (χ1n) is 7.90. The van der Waals surface area contributed by atoms with Gasteiger partial charge in [0.15, 0.2) is 0 Å². The van der Waals surface area contributed by atoms with Crippen molar-refractivity contribution in [2.45, 2.75) is 12.6 Å². The van der Waals surface area contributed by atoms with Crippen molar-refractivity contribution in [3.63, 3.8) is 0 Å². The monoisotopic (exact) mass is 314 g/mol. The highest BCUT2D eigenvalue weighted by Crippen LogP contribution is 2.27. The van der Waals surface area contributed by atoms with Gasteiger partial charge in [0.25, 0.3) is 0 Å².